The second-order valence-corrected chi connectivity index (χ2v) is 10.5. The van der Waals surface area contributed by atoms with Gasteiger partial charge in [0.1, 0.15) is 23.5 Å². The summed E-state index contributed by atoms with van der Waals surface area (Å²) < 4.78 is -0.692. The van der Waals surface area contributed by atoms with Crippen molar-refractivity contribution in [3.8, 4) is 0 Å². The highest BCUT2D eigenvalue weighted by molar-refractivity contribution is 8.01. The smallest absolute Gasteiger partial charge is 0.327 e. The molecule has 1 aromatic rings. The molecule has 2 aliphatic heterocycles. The Hall–Kier alpha value is -2.59. The Morgan fingerprint density at radius 3 is 2.32 bits per heavy atom. The zero-order valence-electron chi connectivity index (χ0n) is 17.9. The molecule has 5 N–H and O–H groups in total. The van der Waals surface area contributed by atoms with Crippen LogP contribution in [-0.2, 0) is 19.2 Å². The van der Waals surface area contributed by atoms with Crippen LogP contribution in [0.1, 0.15) is 39.3 Å². The number of hydrogen-bond donors (Lipinski definition) is 4. The van der Waals surface area contributed by atoms with Crippen LogP contribution in [0.4, 0.5) is 0 Å². The van der Waals surface area contributed by atoms with Gasteiger partial charge in [0.2, 0.25) is 17.7 Å². The third-order valence-electron chi connectivity index (χ3n) is 5.68. The predicted molar refractivity (Wildman–Crippen MR) is 116 cm³/mol. The summed E-state index contributed by atoms with van der Waals surface area (Å²) in [6.07, 6.45) is 0. The Morgan fingerprint density at radius 2 is 1.77 bits per heavy atom. The first kappa shape index (κ1) is 23.1. The summed E-state index contributed by atoms with van der Waals surface area (Å²) in [5, 5.41) is 14.5. The number of β-lactam (4-membered cyclic amide) rings is 1. The van der Waals surface area contributed by atoms with Gasteiger partial charge < -0.3 is 26.4 Å². The van der Waals surface area contributed by atoms with E-state index in [0.717, 1.165) is 0 Å². The fourth-order valence-corrected chi connectivity index (χ4v) is 5.49. The van der Waals surface area contributed by atoms with Gasteiger partial charge in [-0.25, -0.2) is 4.79 Å². The van der Waals surface area contributed by atoms with Gasteiger partial charge in [-0.1, -0.05) is 44.2 Å². The van der Waals surface area contributed by atoms with E-state index in [-0.39, 0.29) is 5.92 Å². The zero-order valence-corrected chi connectivity index (χ0v) is 18.7. The largest absolute Gasteiger partial charge is 0.480 e. The first-order valence-electron chi connectivity index (χ1n) is 10.1. The van der Waals surface area contributed by atoms with Gasteiger partial charge >= 0.3 is 5.97 Å². The van der Waals surface area contributed by atoms with Crippen molar-refractivity contribution in [1.29, 1.82) is 0 Å². The van der Waals surface area contributed by atoms with Gasteiger partial charge in [-0.05, 0) is 25.3 Å². The van der Waals surface area contributed by atoms with Crippen LogP contribution in [0.3, 0.4) is 0 Å². The minimum absolute atomic E-state index is 0.119. The number of carbonyl (C=O) groups excluding carboxylic acids is 3. The Kier molecular flexibility index (Phi) is 6.33. The maximum Gasteiger partial charge on any atom is 0.327 e. The number of fused-ring (bicyclic) bond motifs is 1. The van der Waals surface area contributed by atoms with Gasteiger partial charge in [0, 0.05) is 4.75 Å². The van der Waals surface area contributed by atoms with Crippen molar-refractivity contribution in [2.24, 2.45) is 11.7 Å². The van der Waals surface area contributed by atoms with Crippen molar-refractivity contribution >= 4 is 35.5 Å². The molecule has 3 amide bonds. The van der Waals surface area contributed by atoms with E-state index >= 15 is 0 Å². The number of amides is 3. The zero-order chi connectivity index (χ0) is 23.1. The van der Waals surface area contributed by atoms with Gasteiger partial charge in [-0.15, -0.1) is 11.8 Å². The van der Waals surface area contributed by atoms with Gasteiger partial charge in [-0.3, -0.25) is 14.4 Å². The molecule has 2 heterocycles. The normalized spacial score (nSPS) is 25.9. The summed E-state index contributed by atoms with van der Waals surface area (Å²) >= 11 is 1.34. The lowest BCUT2D eigenvalue weighted by Crippen LogP contribution is -2.71. The Labute approximate surface area is 185 Å². The maximum absolute atomic E-state index is 13.1. The van der Waals surface area contributed by atoms with Crippen LogP contribution in [0.5, 0.6) is 0 Å². The van der Waals surface area contributed by atoms with Crippen LogP contribution in [0.15, 0.2) is 30.3 Å². The molecule has 0 bridgehead atoms. The van der Waals surface area contributed by atoms with Crippen LogP contribution in [0.2, 0.25) is 0 Å². The predicted octanol–water partition coefficient (Wildman–Crippen LogP) is 0.459. The highest BCUT2D eigenvalue weighted by Gasteiger charge is 2.64. The first-order chi connectivity index (χ1) is 14.5. The summed E-state index contributed by atoms with van der Waals surface area (Å²) in [6.45, 7) is 7.14. The van der Waals surface area contributed by atoms with Gasteiger partial charge in [0.05, 0.1) is 6.04 Å². The number of rotatable bonds is 7. The second-order valence-electron chi connectivity index (χ2n) is 8.71. The molecule has 1 aromatic carbocycles. The number of nitrogens with zero attached hydrogens (tertiary/aromatic N) is 1. The topological polar surface area (TPSA) is 142 Å². The highest BCUT2D eigenvalue weighted by Crippen LogP contribution is 2.50. The van der Waals surface area contributed by atoms with Crippen LogP contribution in [0.25, 0.3) is 0 Å². The van der Waals surface area contributed by atoms with Gasteiger partial charge in [0.25, 0.3) is 0 Å². The van der Waals surface area contributed by atoms with E-state index in [1.807, 2.05) is 0 Å². The lowest BCUT2D eigenvalue weighted by molar-refractivity contribution is -0.161. The van der Waals surface area contributed by atoms with Crippen molar-refractivity contribution in [2.75, 3.05) is 0 Å². The van der Waals surface area contributed by atoms with E-state index in [4.69, 9.17) is 5.73 Å². The monoisotopic (exact) mass is 448 g/mol. The average Bonchev–Trinajstić information content (AvgIpc) is 2.97. The van der Waals surface area contributed by atoms with Crippen molar-refractivity contribution in [3.05, 3.63) is 35.9 Å². The quantitative estimate of drug-likeness (QED) is 0.444. The lowest BCUT2D eigenvalue weighted by Gasteiger charge is -2.44. The molecular formula is C21H28N4O5S. The SMILES string of the molecule is CC(C)[C@H](N)C(=O)NC(C(=O)NC1C(=O)N2C1SC(C)(C)C2C(=O)O)c1ccccc1. The van der Waals surface area contributed by atoms with E-state index < -0.39 is 58.0 Å². The number of carbonyl (C=O) groups is 4. The number of hydrogen-bond acceptors (Lipinski definition) is 6. The minimum Gasteiger partial charge on any atom is -0.480 e. The summed E-state index contributed by atoms with van der Waals surface area (Å²) in [5.74, 6) is -2.66. The van der Waals surface area contributed by atoms with Crippen LogP contribution >= 0.6 is 11.8 Å². The Morgan fingerprint density at radius 1 is 1.16 bits per heavy atom. The van der Waals surface area contributed by atoms with Crippen LogP contribution < -0.4 is 16.4 Å². The molecule has 31 heavy (non-hydrogen) atoms. The molecule has 4 unspecified atom stereocenters. The molecule has 0 aromatic heterocycles. The Balaban J connectivity index is 1.78. The van der Waals surface area contributed by atoms with E-state index in [1.165, 1.54) is 16.7 Å². The minimum atomic E-state index is -1.07. The number of carboxylic acid groups (broad SMARTS) is 1. The van der Waals surface area contributed by atoms with Crippen LogP contribution in [0, 0.1) is 5.92 Å². The molecule has 2 saturated heterocycles. The van der Waals surface area contributed by atoms with E-state index in [2.05, 4.69) is 10.6 Å². The third-order valence-corrected chi connectivity index (χ3v) is 7.25. The molecule has 0 aliphatic carbocycles. The number of benzene rings is 1. The standard InChI is InChI=1S/C21H28N4O5S/c1-10(2)12(22)16(26)23-13(11-8-6-5-7-9-11)17(27)24-14-18(28)25-15(20(29)30)21(3,4)31-19(14)25/h5-10,12-15,19H,22H2,1-4H3,(H,23,26)(H,24,27)(H,29,30)/t12-,13?,14?,15?,19?/m0/s1. The van der Waals surface area contributed by atoms with Crippen molar-refractivity contribution in [1.82, 2.24) is 15.5 Å². The third kappa shape index (κ3) is 4.27. The molecule has 0 radical (unpaired) electrons. The molecule has 0 saturated carbocycles. The fraction of sp³-hybridized carbons (Fsp3) is 0.524. The lowest BCUT2D eigenvalue weighted by atomic mass is 9.95. The molecule has 2 aliphatic rings. The number of nitrogens with two attached hydrogens (primary N) is 1. The Bertz CT molecular complexity index is 891. The summed E-state index contributed by atoms with van der Waals surface area (Å²) in [4.78, 5) is 51.3. The van der Waals surface area contributed by atoms with E-state index in [9.17, 15) is 24.3 Å². The summed E-state index contributed by atoms with van der Waals surface area (Å²) in [5.41, 5.74) is 6.48. The molecular weight excluding hydrogens is 420 g/mol. The molecule has 9 nitrogen and oxygen atoms in total. The maximum atomic E-state index is 13.1. The summed E-state index contributed by atoms with van der Waals surface area (Å²) in [6, 6.07) is 5.04. The van der Waals surface area contributed by atoms with Crippen molar-refractivity contribution < 1.29 is 24.3 Å². The summed E-state index contributed by atoms with van der Waals surface area (Å²) in [7, 11) is 0. The average molecular weight is 449 g/mol. The number of thioether (sulfide) groups is 1. The molecule has 5 atom stereocenters. The number of aliphatic carboxylic acids is 1. The van der Waals surface area contributed by atoms with Crippen molar-refractivity contribution in [2.45, 2.75) is 62.0 Å². The molecule has 168 valence electrons. The molecule has 2 fully saturated rings. The second kappa shape index (κ2) is 8.51. The molecule has 3 rings (SSSR count). The first-order valence-corrected chi connectivity index (χ1v) is 11.0. The van der Waals surface area contributed by atoms with Crippen LogP contribution in [-0.4, -0.2) is 61.9 Å². The van der Waals surface area contributed by atoms with E-state index in [1.54, 1.807) is 58.0 Å². The van der Waals surface area contributed by atoms with E-state index in [0.29, 0.717) is 5.56 Å². The number of nitrogens with one attached hydrogen (secondary N) is 2. The van der Waals surface area contributed by atoms with Gasteiger partial charge in [0.15, 0.2) is 0 Å². The number of carboxylic acids is 1. The molecule has 0 spiro atoms. The highest BCUT2D eigenvalue weighted by atomic mass is 32.2. The molecule has 10 heteroatoms. The fourth-order valence-electron chi connectivity index (χ4n) is 3.87. The van der Waals surface area contributed by atoms with Crippen molar-refractivity contribution in [3.63, 3.8) is 0 Å². The van der Waals surface area contributed by atoms with Gasteiger partial charge in [-0.2, -0.15) is 0 Å².